The number of nitrogens with zero attached hydrogens (tertiary/aromatic N) is 4. The predicted octanol–water partition coefficient (Wildman–Crippen LogP) is 2.68. The fraction of sp³-hybridized carbons (Fsp3) is 0.467. The first kappa shape index (κ1) is 13.6. The summed E-state index contributed by atoms with van der Waals surface area (Å²) >= 11 is 0. The molecular formula is C15H22N4. The summed E-state index contributed by atoms with van der Waals surface area (Å²) in [5.74, 6) is 0. The van der Waals surface area contributed by atoms with E-state index in [0.717, 1.165) is 31.7 Å². The van der Waals surface area contributed by atoms with Crippen molar-refractivity contribution < 1.29 is 0 Å². The van der Waals surface area contributed by atoms with E-state index in [0.29, 0.717) is 0 Å². The molecule has 1 aromatic carbocycles. The van der Waals surface area contributed by atoms with Crippen LogP contribution < -0.4 is 4.90 Å². The molecule has 0 aliphatic carbocycles. The van der Waals surface area contributed by atoms with Crippen molar-refractivity contribution in [2.75, 3.05) is 18.0 Å². The summed E-state index contributed by atoms with van der Waals surface area (Å²) in [6.45, 7) is 9.21. The number of aryl methyl sites for hydroxylation is 2. The van der Waals surface area contributed by atoms with E-state index < -0.39 is 0 Å². The number of hydrogen-bond donors (Lipinski definition) is 0. The molecule has 0 fully saturated rings. The quantitative estimate of drug-likeness (QED) is 0.799. The van der Waals surface area contributed by atoms with E-state index in [2.05, 4.69) is 60.2 Å². The highest BCUT2D eigenvalue weighted by Gasteiger charge is 2.05. The van der Waals surface area contributed by atoms with Crippen LogP contribution in [0.4, 0.5) is 5.69 Å². The molecule has 1 aromatic heterocycles. The van der Waals surface area contributed by atoms with Gasteiger partial charge in [0.1, 0.15) is 0 Å². The minimum atomic E-state index is 0.870. The Morgan fingerprint density at radius 2 is 1.89 bits per heavy atom. The second-order valence-corrected chi connectivity index (χ2v) is 4.74. The molecule has 0 aliphatic heterocycles. The Bertz CT molecular complexity index is 501. The molecule has 0 saturated heterocycles. The zero-order valence-electron chi connectivity index (χ0n) is 12.0. The van der Waals surface area contributed by atoms with E-state index in [-0.39, 0.29) is 0 Å². The van der Waals surface area contributed by atoms with Gasteiger partial charge in [0.2, 0.25) is 0 Å². The number of likely N-dealkylation sites (N-methyl/N-ethyl adjacent to an activating group) is 1. The molecule has 0 aliphatic rings. The van der Waals surface area contributed by atoms with Crippen molar-refractivity contribution in [3.05, 3.63) is 41.7 Å². The third-order valence-corrected chi connectivity index (χ3v) is 3.33. The summed E-state index contributed by atoms with van der Waals surface area (Å²) in [7, 11) is 0. The summed E-state index contributed by atoms with van der Waals surface area (Å²) in [6.07, 6.45) is 2.97. The number of hydrogen-bond acceptors (Lipinski definition) is 3. The Hall–Kier alpha value is -1.84. The molecule has 0 unspecified atom stereocenters. The van der Waals surface area contributed by atoms with Crippen LogP contribution in [0.1, 0.15) is 25.1 Å². The van der Waals surface area contributed by atoms with Gasteiger partial charge in [-0.2, -0.15) is 0 Å². The minimum absolute atomic E-state index is 0.870. The average Bonchev–Trinajstić information content (AvgIpc) is 2.89. The Morgan fingerprint density at radius 3 is 2.47 bits per heavy atom. The molecule has 0 atom stereocenters. The lowest BCUT2D eigenvalue weighted by Crippen LogP contribution is -2.27. The molecule has 0 amide bonds. The summed E-state index contributed by atoms with van der Waals surface area (Å²) in [4.78, 5) is 2.35. The van der Waals surface area contributed by atoms with Gasteiger partial charge in [0.15, 0.2) is 0 Å². The highest BCUT2D eigenvalue weighted by atomic mass is 15.4. The minimum Gasteiger partial charge on any atom is -0.370 e. The Kier molecular flexibility index (Phi) is 4.55. The van der Waals surface area contributed by atoms with Crippen LogP contribution in [0.3, 0.4) is 0 Å². The molecule has 102 valence electrons. The first-order valence-corrected chi connectivity index (χ1v) is 6.93. The molecule has 2 aromatic rings. The monoisotopic (exact) mass is 258 g/mol. The standard InChI is InChI=1S/C15H22N4/c1-4-14-12-19(17-16-14)11-10-18(5-2)15-8-6-13(3)7-9-15/h6-9,12H,4-5,10-11H2,1-3H3. The molecule has 4 heteroatoms. The maximum atomic E-state index is 4.14. The molecule has 2 rings (SSSR count). The Balaban J connectivity index is 1.97. The third-order valence-electron chi connectivity index (χ3n) is 3.33. The first-order valence-electron chi connectivity index (χ1n) is 6.93. The summed E-state index contributed by atoms with van der Waals surface area (Å²) in [6, 6.07) is 8.67. The lowest BCUT2D eigenvalue weighted by atomic mass is 10.2. The van der Waals surface area contributed by atoms with Gasteiger partial charge in [0, 0.05) is 25.0 Å². The van der Waals surface area contributed by atoms with E-state index in [9.17, 15) is 0 Å². The van der Waals surface area contributed by atoms with Crippen LogP contribution in [-0.4, -0.2) is 28.1 Å². The molecule has 4 nitrogen and oxygen atoms in total. The van der Waals surface area contributed by atoms with Crippen molar-refractivity contribution in [1.82, 2.24) is 15.0 Å². The highest BCUT2D eigenvalue weighted by Crippen LogP contribution is 2.14. The van der Waals surface area contributed by atoms with Crippen LogP contribution in [0.15, 0.2) is 30.5 Å². The fourth-order valence-electron chi connectivity index (χ4n) is 2.06. The van der Waals surface area contributed by atoms with Gasteiger partial charge in [-0.25, -0.2) is 0 Å². The fourth-order valence-corrected chi connectivity index (χ4v) is 2.06. The molecule has 0 bridgehead atoms. The van der Waals surface area contributed by atoms with Crippen LogP contribution in [0, 0.1) is 6.92 Å². The molecule has 0 radical (unpaired) electrons. The van der Waals surface area contributed by atoms with E-state index >= 15 is 0 Å². The van der Waals surface area contributed by atoms with E-state index in [1.54, 1.807) is 0 Å². The number of benzene rings is 1. The maximum absolute atomic E-state index is 4.14. The molecule has 0 saturated carbocycles. The van der Waals surface area contributed by atoms with Crippen molar-refractivity contribution >= 4 is 5.69 Å². The van der Waals surface area contributed by atoms with Gasteiger partial charge in [-0.1, -0.05) is 29.8 Å². The third kappa shape index (κ3) is 3.56. The van der Waals surface area contributed by atoms with Gasteiger partial charge >= 0.3 is 0 Å². The van der Waals surface area contributed by atoms with Crippen LogP contribution >= 0.6 is 0 Å². The van der Waals surface area contributed by atoms with Crippen LogP contribution in [0.25, 0.3) is 0 Å². The van der Waals surface area contributed by atoms with Crippen LogP contribution in [-0.2, 0) is 13.0 Å². The van der Waals surface area contributed by atoms with E-state index in [1.165, 1.54) is 11.3 Å². The number of anilines is 1. The Morgan fingerprint density at radius 1 is 1.16 bits per heavy atom. The molecule has 0 N–H and O–H groups in total. The van der Waals surface area contributed by atoms with Gasteiger partial charge in [-0.3, -0.25) is 4.68 Å². The molecular weight excluding hydrogens is 236 g/mol. The second kappa shape index (κ2) is 6.36. The van der Waals surface area contributed by atoms with Gasteiger partial charge in [0.25, 0.3) is 0 Å². The van der Waals surface area contributed by atoms with Gasteiger partial charge in [-0.15, -0.1) is 5.10 Å². The van der Waals surface area contributed by atoms with E-state index in [1.807, 2.05) is 10.9 Å². The zero-order valence-corrected chi connectivity index (χ0v) is 12.0. The van der Waals surface area contributed by atoms with Crippen molar-refractivity contribution in [3.8, 4) is 0 Å². The SMILES string of the molecule is CCc1cn(CCN(CC)c2ccc(C)cc2)nn1. The van der Waals surface area contributed by atoms with Gasteiger partial charge in [-0.05, 0) is 32.4 Å². The number of aromatic nitrogens is 3. The summed E-state index contributed by atoms with van der Waals surface area (Å²) in [5.41, 5.74) is 3.62. The lowest BCUT2D eigenvalue weighted by Gasteiger charge is -2.23. The predicted molar refractivity (Wildman–Crippen MR) is 78.5 cm³/mol. The normalized spacial score (nSPS) is 10.7. The summed E-state index contributed by atoms with van der Waals surface area (Å²) < 4.78 is 1.93. The topological polar surface area (TPSA) is 34.0 Å². The van der Waals surface area contributed by atoms with Crippen LogP contribution in [0.2, 0.25) is 0 Å². The smallest absolute Gasteiger partial charge is 0.0824 e. The van der Waals surface area contributed by atoms with Gasteiger partial charge < -0.3 is 4.90 Å². The van der Waals surface area contributed by atoms with E-state index in [4.69, 9.17) is 0 Å². The second-order valence-electron chi connectivity index (χ2n) is 4.74. The van der Waals surface area contributed by atoms with Crippen molar-refractivity contribution in [3.63, 3.8) is 0 Å². The summed E-state index contributed by atoms with van der Waals surface area (Å²) in [5, 5.41) is 8.26. The van der Waals surface area contributed by atoms with Gasteiger partial charge in [0.05, 0.1) is 12.2 Å². The average molecular weight is 258 g/mol. The van der Waals surface area contributed by atoms with Crippen molar-refractivity contribution in [2.24, 2.45) is 0 Å². The first-order chi connectivity index (χ1) is 9.22. The zero-order chi connectivity index (χ0) is 13.7. The largest absolute Gasteiger partial charge is 0.370 e. The number of rotatable bonds is 6. The maximum Gasteiger partial charge on any atom is 0.0824 e. The lowest BCUT2D eigenvalue weighted by molar-refractivity contribution is 0.579. The molecule has 0 spiro atoms. The van der Waals surface area contributed by atoms with Crippen molar-refractivity contribution in [1.29, 1.82) is 0 Å². The highest BCUT2D eigenvalue weighted by molar-refractivity contribution is 5.47. The molecule has 19 heavy (non-hydrogen) atoms. The Labute approximate surface area is 115 Å². The van der Waals surface area contributed by atoms with Crippen molar-refractivity contribution in [2.45, 2.75) is 33.7 Å². The van der Waals surface area contributed by atoms with Crippen LogP contribution in [0.5, 0.6) is 0 Å². The molecule has 1 heterocycles.